The number of aromatic nitrogens is 2. The molecule has 0 saturated carbocycles. The van der Waals surface area contributed by atoms with Crippen molar-refractivity contribution in [2.45, 2.75) is 66.0 Å². The normalized spacial score (nSPS) is 13.2. The highest BCUT2D eigenvalue weighted by molar-refractivity contribution is 5.28. The summed E-state index contributed by atoms with van der Waals surface area (Å²) in [5.74, 6) is 1.61. The van der Waals surface area contributed by atoms with Crippen molar-refractivity contribution in [3.63, 3.8) is 0 Å². The summed E-state index contributed by atoms with van der Waals surface area (Å²) in [4.78, 5) is 0. The first-order valence-electron chi connectivity index (χ1n) is 7.85. The fraction of sp³-hybridized carbons (Fsp3) is 0.812. The molecule has 1 N–H and O–H groups in total. The van der Waals surface area contributed by atoms with Gasteiger partial charge in [-0.3, -0.25) is 4.68 Å². The molecule has 4 heteroatoms. The van der Waals surface area contributed by atoms with E-state index < -0.39 is 0 Å². The zero-order chi connectivity index (χ0) is 15.1. The summed E-state index contributed by atoms with van der Waals surface area (Å²) in [6, 6.07) is 0.663. The van der Waals surface area contributed by atoms with E-state index in [4.69, 9.17) is 4.74 Å². The molecule has 0 bridgehead atoms. The average molecular weight is 281 g/mol. The van der Waals surface area contributed by atoms with E-state index >= 15 is 0 Å². The summed E-state index contributed by atoms with van der Waals surface area (Å²) in [5, 5.41) is 8.15. The first kappa shape index (κ1) is 17.0. The Morgan fingerprint density at radius 2 is 1.95 bits per heavy atom. The summed E-state index contributed by atoms with van der Waals surface area (Å²) < 4.78 is 7.61. The van der Waals surface area contributed by atoms with E-state index in [9.17, 15) is 0 Å². The minimum absolute atomic E-state index is 0.317. The smallest absolute Gasteiger partial charge is 0.161 e. The van der Waals surface area contributed by atoms with Gasteiger partial charge in [-0.1, -0.05) is 20.8 Å². The molecule has 0 amide bonds. The molecule has 4 nitrogen and oxygen atoms in total. The minimum Gasteiger partial charge on any atom is -0.493 e. The molecule has 0 spiro atoms. The Morgan fingerprint density at radius 3 is 2.45 bits per heavy atom. The van der Waals surface area contributed by atoms with Gasteiger partial charge in [-0.2, -0.15) is 5.10 Å². The Bertz CT molecular complexity index is 385. The summed E-state index contributed by atoms with van der Waals surface area (Å²) >= 11 is 0. The van der Waals surface area contributed by atoms with Gasteiger partial charge in [0.25, 0.3) is 0 Å². The van der Waals surface area contributed by atoms with Gasteiger partial charge in [0, 0.05) is 6.04 Å². The van der Waals surface area contributed by atoms with Crippen molar-refractivity contribution in [3.05, 3.63) is 11.9 Å². The van der Waals surface area contributed by atoms with Crippen LogP contribution in [-0.2, 0) is 0 Å². The SMILES string of the molecule is CCCNC(CCC(C)C)c1c(OC)cnn1C(C)C. The highest BCUT2D eigenvalue weighted by Gasteiger charge is 2.22. The van der Waals surface area contributed by atoms with Gasteiger partial charge >= 0.3 is 0 Å². The maximum atomic E-state index is 5.52. The van der Waals surface area contributed by atoms with Gasteiger partial charge in [-0.15, -0.1) is 0 Å². The highest BCUT2D eigenvalue weighted by atomic mass is 16.5. The molecule has 0 radical (unpaired) electrons. The molecule has 0 aliphatic carbocycles. The van der Waals surface area contributed by atoms with Crippen LogP contribution < -0.4 is 10.1 Å². The van der Waals surface area contributed by atoms with Crippen molar-refractivity contribution in [1.29, 1.82) is 0 Å². The topological polar surface area (TPSA) is 39.1 Å². The molecule has 0 aliphatic rings. The van der Waals surface area contributed by atoms with Crippen molar-refractivity contribution in [1.82, 2.24) is 15.1 Å². The van der Waals surface area contributed by atoms with Crippen LogP contribution in [-0.4, -0.2) is 23.4 Å². The van der Waals surface area contributed by atoms with Crippen LogP contribution in [0, 0.1) is 5.92 Å². The molecule has 0 aliphatic heterocycles. The van der Waals surface area contributed by atoms with Crippen molar-refractivity contribution in [3.8, 4) is 5.75 Å². The molecule has 0 saturated heterocycles. The summed E-state index contributed by atoms with van der Waals surface area (Å²) in [5.41, 5.74) is 1.19. The van der Waals surface area contributed by atoms with Crippen molar-refractivity contribution >= 4 is 0 Å². The summed E-state index contributed by atoms with van der Waals surface area (Å²) in [7, 11) is 1.73. The van der Waals surface area contributed by atoms with Crippen LogP contribution in [0.25, 0.3) is 0 Å². The summed E-state index contributed by atoms with van der Waals surface area (Å²) in [6.07, 6.45) is 5.29. The molecule has 1 aromatic heterocycles. The first-order chi connectivity index (χ1) is 9.51. The zero-order valence-corrected chi connectivity index (χ0v) is 13.9. The van der Waals surface area contributed by atoms with Gasteiger partial charge in [0.05, 0.1) is 25.0 Å². The lowest BCUT2D eigenvalue weighted by atomic mass is 10.0. The van der Waals surface area contributed by atoms with E-state index in [1.54, 1.807) is 7.11 Å². The van der Waals surface area contributed by atoms with Gasteiger partial charge in [-0.25, -0.2) is 0 Å². The summed E-state index contributed by atoms with van der Waals surface area (Å²) in [6.45, 7) is 12.1. The molecule has 20 heavy (non-hydrogen) atoms. The van der Waals surface area contributed by atoms with E-state index in [-0.39, 0.29) is 0 Å². The van der Waals surface area contributed by atoms with Crippen LogP contribution in [0.3, 0.4) is 0 Å². The number of nitrogens with zero attached hydrogens (tertiary/aromatic N) is 2. The van der Waals surface area contributed by atoms with E-state index in [0.29, 0.717) is 18.0 Å². The van der Waals surface area contributed by atoms with Crippen molar-refractivity contribution in [2.24, 2.45) is 5.92 Å². The molecule has 1 unspecified atom stereocenters. The second-order valence-electron chi connectivity index (χ2n) is 6.11. The fourth-order valence-electron chi connectivity index (χ4n) is 2.41. The lowest BCUT2D eigenvalue weighted by molar-refractivity contribution is 0.364. The third kappa shape index (κ3) is 4.51. The largest absolute Gasteiger partial charge is 0.493 e. The van der Waals surface area contributed by atoms with E-state index in [1.807, 2.05) is 6.20 Å². The van der Waals surface area contributed by atoms with Gasteiger partial charge in [-0.05, 0) is 45.6 Å². The third-order valence-corrected chi connectivity index (χ3v) is 3.51. The predicted molar refractivity (Wildman–Crippen MR) is 84.3 cm³/mol. The van der Waals surface area contributed by atoms with Crippen LogP contribution >= 0.6 is 0 Å². The second kappa shape index (κ2) is 8.30. The van der Waals surface area contributed by atoms with Gasteiger partial charge in [0.15, 0.2) is 5.75 Å². The highest BCUT2D eigenvalue weighted by Crippen LogP contribution is 2.31. The van der Waals surface area contributed by atoms with Gasteiger partial charge in [0.1, 0.15) is 0 Å². The minimum atomic E-state index is 0.317. The number of rotatable bonds is 9. The van der Waals surface area contributed by atoms with Gasteiger partial charge < -0.3 is 10.1 Å². The lowest BCUT2D eigenvalue weighted by Gasteiger charge is -2.23. The van der Waals surface area contributed by atoms with Crippen LogP contribution in [0.2, 0.25) is 0 Å². The van der Waals surface area contributed by atoms with Crippen LogP contribution in [0.5, 0.6) is 5.75 Å². The Balaban J connectivity index is 3.00. The second-order valence-corrected chi connectivity index (χ2v) is 6.11. The predicted octanol–water partition coefficient (Wildman–Crippen LogP) is 3.95. The quantitative estimate of drug-likeness (QED) is 0.745. The maximum Gasteiger partial charge on any atom is 0.161 e. The van der Waals surface area contributed by atoms with E-state index in [0.717, 1.165) is 25.1 Å². The molecule has 1 heterocycles. The lowest BCUT2D eigenvalue weighted by Crippen LogP contribution is -2.26. The van der Waals surface area contributed by atoms with Crippen molar-refractivity contribution < 1.29 is 4.74 Å². The van der Waals surface area contributed by atoms with Gasteiger partial charge in [0.2, 0.25) is 0 Å². The Labute approximate surface area is 123 Å². The molecular weight excluding hydrogens is 250 g/mol. The molecular formula is C16H31N3O. The first-order valence-corrected chi connectivity index (χ1v) is 7.85. The fourth-order valence-corrected chi connectivity index (χ4v) is 2.41. The Kier molecular flexibility index (Phi) is 7.06. The zero-order valence-electron chi connectivity index (χ0n) is 13.9. The number of hydrogen-bond donors (Lipinski definition) is 1. The third-order valence-electron chi connectivity index (χ3n) is 3.51. The maximum absolute atomic E-state index is 5.52. The molecule has 1 aromatic rings. The average Bonchev–Trinajstić information content (AvgIpc) is 2.82. The van der Waals surface area contributed by atoms with E-state index in [2.05, 4.69) is 49.7 Å². The molecule has 1 rings (SSSR count). The van der Waals surface area contributed by atoms with Crippen LogP contribution in [0.1, 0.15) is 71.7 Å². The number of hydrogen-bond acceptors (Lipinski definition) is 3. The van der Waals surface area contributed by atoms with Crippen LogP contribution in [0.4, 0.5) is 0 Å². The molecule has 0 fully saturated rings. The monoisotopic (exact) mass is 281 g/mol. The molecule has 1 atom stereocenters. The standard InChI is InChI=1S/C16H31N3O/c1-7-10-17-14(9-8-12(2)3)16-15(20-6)11-18-19(16)13(4)5/h11-14,17H,7-10H2,1-6H3. The Hall–Kier alpha value is -1.03. The number of nitrogens with one attached hydrogen (secondary N) is 1. The van der Waals surface area contributed by atoms with E-state index in [1.165, 1.54) is 12.1 Å². The Morgan fingerprint density at radius 1 is 1.25 bits per heavy atom. The van der Waals surface area contributed by atoms with Crippen molar-refractivity contribution in [2.75, 3.05) is 13.7 Å². The molecule has 0 aromatic carbocycles. The molecule has 116 valence electrons. The number of ether oxygens (including phenoxy) is 1. The van der Waals surface area contributed by atoms with Crippen LogP contribution in [0.15, 0.2) is 6.20 Å². The number of methoxy groups -OCH3 is 1.